The van der Waals surface area contributed by atoms with Crippen LogP contribution in [0.5, 0.6) is 0 Å². The van der Waals surface area contributed by atoms with Crippen LogP contribution in [0.25, 0.3) is 0 Å². The maximum Gasteiger partial charge on any atom is 0.416 e. The Hall–Kier alpha value is -2.64. The zero-order chi connectivity index (χ0) is 17.6. The molecule has 1 aromatic carbocycles. The molecule has 1 aromatic heterocycles. The molecule has 2 aromatic rings. The first-order valence-corrected chi connectivity index (χ1v) is 7.29. The molecule has 126 valence electrons. The number of primary amides is 1. The summed E-state index contributed by atoms with van der Waals surface area (Å²) >= 11 is 0. The number of ketones is 1. The molecule has 0 bridgehead atoms. The number of rotatable bonds is 2. The molecule has 24 heavy (non-hydrogen) atoms. The fourth-order valence-corrected chi connectivity index (χ4v) is 3.03. The largest absolute Gasteiger partial charge is 0.416 e. The number of hydrogen-bond acceptors (Lipinski definition) is 3. The molecule has 0 saturated carbocycles. The van der Waals surface area contributed by atoms with E-state index in [1.54, 1.807) is 0 Å². The van der Waals surface area contributed by atoms with Crippen molar-refractivity contribution < 1.29 is 22.8 Å². The van der Waals surface area contributed by atoms with Gasteiger partial charge in [0, 0.05) is 0 Å². The lowest BCUT2D eigenvalue weighted by Gasteiger charge is -2.28. The van der Waals surface area contributed by atoms with Crippen LogP contribution in [0.15, 0.2) is 30.5 Å². The van der Waals surface area contributed by atoms with Gasteiger partial charge in [-0.05, 0) is 31.0 Å². The van der Waals surface area contributed by atoms with Crippen LogP contribution in [0, 0.1) is 0 Å². The van der Waals surface area contributed by atoms with Crippen molar-refractivity contribution in [3.8, 4) is 0 Å². The van der Waals surface area contributed by atoms with Crippen molar-refractivity contribution in [2.75, 3.05) is 0 Å². The van der Waals surface area contributed by atoms with Gasteiger partial charge in [-0.1, -0.05) is 12.1 Å². The highest BCUT2D eigenvalue weighted by Crippen LogP contribution is 2.37. The number of alkyl halides is 3. The second-order valence-electron chi connectivity index (χ2n) is 5.84. The van der Waals surface area contributed by atoms with Crippen LogP contribution in [0.1, 0.15) is 57.3 Å². The molecular weight excluding hydrogens is 323 g/mol. The number of benzene rings is 1. The third-order valence-electron chi connectivity index (χ3n) is 4.25. The maximum absolute atomic E-state index is 12.7. The first kappa shape index (κ1) is 16.2. The first-order valence-electron chi connectivity index (χ1n) is 7.29. The number of nitrogens with zero attached hydrogens (tertiary/aromatic N) is 2. The molecule has 0 spiro atoms. The van der Waals surface area contributed by atoms with Gasteiger partial charge >= 0.3 is 6.18 Å². The van der Waals surface area contributed by atoms with Crippen LogP contribution in [-0.4, -0.2) is 21.5 Å². The van der Waals surface area contributed by atoms with E-state index >= 15 is 0 Å². The maximum atomic E-state index is 12.7. The van der Waals surface area contributed by atoms with Gasteiger partial charge < -0.3 is 5.73 Å². The molecule has 1 amide bonds. The number of amides is 1. The van der Waals surface area contributed by atoms with E-state index in [2.05, 4.69) is 5.10 Å². The Morgan fingerprint density at radius 1 is 1.29 bits per heavy atom. The summed E-state index contributed by atoms with van der Waals surface area (Å²) in [6, 6.07) is 4.32. The number of hydrogen-bond donors (Lipinski definition) is 1. The minimum Gasteiger partial charge on any atom is -0.365 e. The molecule has 1 aliphatic heterocycles. The summed E-state index contributed by atoms with van der Waals surface area (Å²) in [6.07, 6.45) is -2.79. The molecule has 0 saturated heterocycles. The highest BCUT2D eigenvalue weighted by atomic mass is 19.4. The van der Waals surface area contributed by atoms with Gasteiger partial charge in [-0.15, -0.1) is 0 Å². The van der Waals surface area contributed by atoms with Crippen LogP contribution in [0.4, 0.5) is 13.2 Å². The van der Waals surface area contributed by atoms with E-state index in [1.807, 2.05) is 6.92 Å². The van der Waals surface area contributed by atoms with Gasteiger partial charge in [0.25, 0.3) is 5.91 Å². The number of nitrogens with two attached hydrogens (primary N) is 1. The fourth-order valence-electron chi connectivity index (χ4n) is 3.03. The lowest BCUT2D eigenvalue weighted by molar-refractivity contribution is -0.137. The summed E-state index contributed by atoms with van der Waals surface area (Å²) in [5, 5.41) is 4.03. The summed E-state index contributed by atoms with van der Waals surface area (Å²) in [7, 11) is 0. The van der Waals surface area contributed by atoms with Crippen LogP contribution in [-0.2, 0) is 6.18 Å². The predicted octanol–water partition coefficient (Wildman–Crippen LogP) is 2.93. The van der Waals surface area contributed by atoms with Crippen molar-refractivity contribution in [2.45, 2.75) is 31.5 Å². The van der Waals surface area contributed by atoms with Crippen LogP contribution in [0.3, 0.4) is 0 Å². The summed E-state index contributed by atoms with van der Waals surface area (Å²) in [5.74, 6) is -1.76. The second kappa shape index (κ2) is 5.47. The fraction of sp³-hybridized carbons (Fsp3) is 0.312. The number of aromatic nitrogens is 2. The Balaban J connectivity index is 2.00. The molecule has 3 rings (SSSR count). The number of halogens is 3. The Bertz CT molecular complexity index is 809. The predicted molar refractivity (Wildman–Crippen MR) is 78.6 cm³/mol. The third kappa shape index (κ3) is 2.57. The van der Waals surface area contributed by atoms with E-state index < -0.39 is 23.6 Å². The van der Waals surface area contributed by atoms with Gasteiger partial charge in [0.15, 0.2) is 5.78 Å². The standard InChI is InChI=1S/C16H14F3N3O2/c1-8-6-11(9-2-4-10(5-3-9)16(17,18)19)14(23)13-12(15(20)24)7-21-22(8)13/h2-5,7-8,11H,6H2,1H3,(H2,20,24)/t8-,11?/m0/s1. The number of carbonyl (C=O) groups is 2. The zero-order valence-corrected chi connectivity index (χ0v) is 12.7. The Labute approximate surface area is 135 Å². The normalized spacial score (nSPS) is 20.8. The first-order chi connectivity index (χ1) is 11.2. The molecule has 0 radical (unpaired) electrons. The summed E-state index contributed by atoms with van der Waals surface area (Å²) < 4.78 is 39.5. The Morgan fingerprint density at radius 3 is 2.46 bits per heavy atom. The quantitative estimate of drug-likeness (QED) is 0.915. The van der Waals surface area contributed by atoms with Crippen molar-refractivity contribution in [1.29, 1.82) is 0 Å². The van der Waals surface area contributed by atoms with Crippen molar-refractivity contribution in [3.63, 3.8) is 0 Å². The molecule has 2 N–H and O–H groups in total. The molecule has 8 heteroatoms. The van der Waals surface area contributed by atoms with Crippen LogP contribution in [0.2, 0.25) is 0 Å². The molecule has 2 heterocycles. The topological polar surface area (TPSA) is 78.0 Å². The number of Topliss-reactive ketones (excluding diaryl/α,β-unsaturated/α-hetero) is 1. The minimum atomic E-state index is -4.43. The third-order valence-corrected chi connectivity index (χ3v) is 4.25. The van der Waals surface area contributed by atoms with Crippen molar-refractivity contribution >= 4 is 11.7 Å². The monoisotopic (exact) mass is 337 g/mol. The van der Waals surface area contributed by atoms with Gasteiger partial charge in [-0.25, -0.2) is 0 Å². The van der Waals surface area contributed by atoms with E-state index in [0.29, 0.717) is 12.0 Å². The molecular formula is C16H14F3N3O2. The zero-order valence-electron chi connectivity index (χ0n) is 12.7. The minimum absolute atomic E-state index is 0.0310. The number of fused-ring (bicyclic) bond motifs is 1. The van der Waals surface area contributed by atoms with E-state index in [0.717, 1.165) is 12.1 Å². The van der Waals surface area contributed by atoms with E-state index in [9.17, 15) is 22.8 Å². The number of carbonyl (C=O) groups excluding carboxylic acids is 2. The highest BCUT2D eigenvalue weighted by molar-refractivity contribution is 6.09. The molecule has 0 fully saturated rings. The lowest BCUT2D eigenvalue weighted by atomic mass is 9.83. The average molecular weight is 337 g/mol. The average Bonchev–Trinajstić information content (AvgIpc) is 2.96. The molecule has 1 unspecified atom stereocenters. The lowest BCUT2D eigenvalue weighted by Crippen LogP contribution is -2.30. The summed E-state index contributed by atoms with van der Waals surface area (Å²) in [6.45, 7) is 1.82. The SMILES string of the molecule is C[C@H]1CC(c2ccc(C(F)(F)F)cc2)C(=O)c2c(C(N)=O)cnn21. The van der Waals surface area contributed by atoms with Crippen molar-refractivity contribution in [3.05, 3.63) is 52.8 Å². The summed E-state index contributed by atoms with van der Waals surface area (Å²) in [5.41, 5.74) is 5.12. The van der Waals surface area contributed by atoms with Gasteiger partial charge in [0.2, 0.25) is 0 Å². The molecule has 0 aliphatic carbocycles. The molecule has 5 nitrogen and oxygen atoms in total. The van der Waals surface area contributed by atoms with E-state index in [1.165, 1.54) is 23.0 Å². The van der Waals surface area contributed by atoms with Crippen molar-refractivity contribution in [1.82, 2.24) is 9.78 Å². The van der Waals surface area contributed by atoms with Crippen molar-refractivity contribution in [2.24, 2.45) is 5.73 Å². The van der Waals surface area contributed by atoms with Crippen LogP contribution < -0.4 is 5.73 Å². The smallest absolute Gasteiger partial charge is 0.365 e. The Kier molecular flexibility index (Phi) is 3.70. The van der Waals surface area contributed by atoms with Gasteiger partial charge in [0.05, 0.1) is 29.3 Å². The Morgan fingerprint density at radius 2 is 1.92 bits per heavy atom. The highest BCUT2D eigenvalue weighted by Gasteiger charge is 2.37. The summed E-state index contributed by atoms with van der Waals surface area (Å²) in [4.78, 5) is 24.2. The van der Waals surface area contributed by atoms with E-state index in [4.69, 9.17) is 5.73 Å². The molecule has 2 atom stereocenters. The van der Waals surface area contributed by atoms with E-state index in [-0.39, 0.29) is 23.1 Å². The molecule has 1 aliphatic rings. The van der Waals surface area contributed by atoms with Gasteiger partial charge in [-0.2, -0.15) is 18.3 Å². The van der Waals surface area contributed by atoms with Gasteiger partial charge in [-0.3, -0.25) is 14.3 Å². The second-order valence-corrected chi connectivity index (χ2v) is 5.84. The van der Waals surface area contributed by atoms with Gasteiger partial charge in [0.1, 0.15) is 5.69 Å². The van der Waals surface area contributed by atoms with Crippen LogP contribution >= 0.6 is 0 Å².